The van der Waals surface area contributed by atoms with E-state index >= 15 is 0 Å². The number of benzene rings is 2. The number of nitrogens with zero attached hydrogens (tertiary/aromatic N) is 5. The molecular weight excluding hydrogens is 358 g/mol. The Bertz CT molecular complexity index is 1400. The van der Waals surface area contributed by atoms with Gasteiger partial charge in [0, 0.05) is 11.6 Å². The second kappa shape index (κ2) is 5.92. The number of rotatable bonds is 2. The van der Waals surface area contributed by atoms with E-state index in [9.17, 15) is 4.79 Å². The summed E-state index contributed by atoms with van der Waals surface area (Å²) in [5, 5.41) is 7.75. The summed E-state index contributed by atoms with van der Waals surface area (Å²) in [6.07, 6.45) is 3.71. The number of pyridine rings is 1. The van der Waals surface area contributed by atoms with Gasteiger partial charge in [-0.1, -0.05) is 48.2 Å². The van der Waals surface area contributed by atoms with E-state index in [4.69, 9.17) is 0 Å². The molecule has 2 aromatic carbocycles. The van der Waals surface area contributed by atoms with Gasteiger partial charge in [0.1, 0.15) is 0 Å². The van der Waals surface area contributed by atoms with Crippen LogP contribution in [-0.2, 0) is 0 Å². The Balaban J connectivity index is 1.87. The predicted molar refractivity (Wildman–Crippen MR) is 108 cm³/mol. The van der Waals surface area contributed by atoms with Crippen molar-refractivity contribution in [2.45, 2.75) is 12.1 Å². The Hall–Kier alpha value is -3.19. The van der Waals surface area contributed by atoms with Gasteiger partial charge in [-0.05, 0) is 30.7 Å². The summed E-state index contributed by atoms with van der Waals surface area (Å²) in [6, 6.07) is 15.9. The lowest BCUT2D eigenvalue weighted by molar-refractivity contribution is 0.901. The van der Waals surface area contributed by atoms with E-state index in [-0.39, 0.29) is 5.56 Å². The van der Waals surface area contributed by atoms with E-state index in [0.717, 1.165) is 16.5 Å². The lowest BCUT2D eigenvalue weighted by atomic mass is 10.1. The monoisotopic (exact) mass is 373 g/mol. The molecule has 5 aromatic rings. The van der Waals surface area contributed by atoms with Crippen LogP contribution in [0.5, 0.6) is 0 Å². The maximum Gasteiger partial charge on any atom is 0.266 e. The molecule has 0 N–H and O–H groups in total. The molecule has 0 amide bonds. The zero-order valence-electron chi connectivity index (χ0n) is 14.7. The van der Waals surface area contributed by atoms with Gasteiger partial charge in [0.2, 0.25) is 5.16 Å². The zero-order chi connectivity index (χ0) is 18.5. The quantitative estimate of drug-likeness (QED) is 0.442. The minimum atomic E-state index is -0.114. The molecule has 0 aliphatic carbocycles. The highest BCUT2D eigenvalue weighted by Crippen LogP contribution is 2.23. The number of thioether (sulfide) groups is 1. The van der Waals surface area contributed by atoms with E-state index in [1.165, 1.54) is 11.8 Å². The highest BCUT2D eigenvalue weighted by molar-refractivity contribution is 7.98. The SMILES string of the molecule is CSc1nc2nc(C)c3c(=O)n(-c4cccc5ccccc45)ccc3n2n1. The first-order valence-electron chi connectivity index (χ1n) is 8.48. The summed E-state index contributed by atoms with van der Waals surface area (Å²) in [5.41, 5.74) is 2.10. The van der Waals surface area contributed by atoms with Gasteiger partial charge in [0.25, 0.3) is 11.3 Å². The van der Waals surface area contributed by atoms with Crippen molar-refractivity contribution in [2.75, 3.05) is 6.26 Å². The molecule has 3 heterocycles. The van der Waals surface area contributed by atoms with Gasteiger partial charge in [0.05, 0.1) is 22.3 Å². The fourth-order valence-corrected chi connectivity index (χ4v) is 3.80. The van der Waals surface area contributed by atoms with Crippen LogP contribution in [0.25, 0.3) is 33.1 Å². The van der Waals surface area contributed by atoms with E-state index < -0.39 is 0 Å². The summed E-state index contributed by atoms with van der Waals surface area (Å²) in [4.78, 5) is 22.3. The highest BCUT2D eigenvalue weighted by Gasteiger charge is 2.15. The van der Waals surface area contributed by atoms with E-state index in [0.29, 0.717) is 27.5 Å². The average molecular weight is 373 g/mol. The first kappa shape index (κ1) is 16.0. The molecule has 0 saturated heterocycles. The van der Waals surface area contributed by atoms with Crippen LogP contribution in [0, 0.1) is 6.92 Å². The summed E-state index contributed by atoms with van der Waals surface area (Å²) in [6.45, 7) is 1.84. The number of aromatic nitrogens is 5. The van der Waals surface area contributed by atoms with Crippen LogP contribution in [0.4, 0.5) is 0 Å². The summed E-state index contributed by atoms with van der Waals surface area (Å²) in [5.74, 6) is 0.506. The summed E-state index contributed by atoms with van der Waals surface area (Å²) >= 11 is 1.45. The predicted octanol–water partition coefficient (Wildman–Crippen LogP) is 3.61. The van der Waals surface area contributed by atoms with Crippen molar-refractivity contribution in [3.05, 3.63) is 70.8 Å². The van der Waals surface area contributed by atoms with Crippen molar-refractivity contribution < 1.29 is 0 Å². The van der Waals surface area contributed by atoms with Gasteiger partial charge in [-0.3, -0.25) is 9.36 Å². The largest absolute Gasteiger partial charge is 0.283 e. The zero-order valence-corrected chi connectivity index (χ0v) is 15.6. The third-order valence-corrected chi connectivity index (χ3v) is 5.25. The lowest BCUT2D eigenvalue weighted by Crippen LogP contribution is -2.20. The molecule has 7 heteroatoms. The lowest BCUT2D eigenvalue weighted by Gasteiger charge is -2.11. The summed E-state index contributed by atoms with van der Waals surface area (Å²) < 4.78 is 3.32. The molecule has 3 aromatic heterocycles. The average Bonchev–Trinajstić information content (AvgIpc) is 3.11. The molecule has 0 aliphatic rings. The second-order valence-corrected chi connectivity index (χ2v) is 7.03. The van der Waals surface area contributed by atoms with Gasteiger partial charge >= 0.3 is 0 Å². The Kier molecular flexibility index (Phi) is 3.51. The van der Waals surface area contributed by atoms with Crippen molar-refractivity contribution in [1.29, 1.82) is 0 Å². The van der Waals surface area contributed by atoms with Crippen LogP contribution in [0.3, 0.4) is 0 Å². The minimum Gasteiger partial charge on any atom is -0.283 e. The van der Waals surface area contributed by atoms with Gasteiger partial charge < -0.3 is 0 Å². The summed E-state index contributed by atoms with van der Waals surface area (Å²) in [7, 11) is 0. The van der Waals surface area contributed by atoms with Gasteiger partial charge in [0.15, 0.2) is 0 Å². The Morgan fingerprint density at radius 3 is 2.67 bits per heavy atom. The second-order valence-electron chi connectivity index (χ2n) is 6.26. The molecule has 0 fully saturated rings. The van der Waals surface area contributed by atoms with E-state index in [1.807, 2.05) is 61.7 Å². The molecule has 0 aliphatic heterocycles. The van der Waals surface area contributed by atoms with Gasteiger partial charge in [-0.2, -0.15) is 9.50 Å². The molecule has 0 saturated carbocycles. The molecule has 0 radical (unpaired) electrons. The van der Waals surface area contributed by atoms with Crippen LogP contribution in [0.2, 0.25) is 0 Å². The fourth-order valence-electron chi connectivity index (χ4n) is 3.46. The Labute approximate surface area is 158 Å². The fraction of sp³-hybridized carbons (Fsp3) is 0.100. The van der Waals surface area contributed by atoms with Crippen LogP contribution in [0.1, 0.15) is 5.69 Å². The smallest absolute Gasteiger partial charge is 0.266 e. The Morgan fingerprint density at radius 2 is 1.81 bits per heavy atom. The normalized spacial score (nSPS) is 11.6. The van der Waals surface area contributed by atoms with Crippen molar-refractivity contribution in [1.82, 2.24) is 24.1 Å². The molecular formula is C20H15N5OS. The number of hydrogen-bond acceptors (Lipinski definition) is 5. The Morgan fingerprint density at radius 1 is 1.00 bits per heavy atom. The van der Waals surface area contributed by atoms with Crippen LogP contribution >= 0.6 is 11.8 Å². The van der Waals surface area contributed by atoms with Gasteiger partial charge in [-0.25, -0.2) is 4.98 Å². The molecule has 0 spiro atoms. The van der Waals surface area contributed by atoms with Crippen LogP contribution in [0.15, 0.2) is 64.7 Å². The third kappa shape index (κ3) is 2.35. The van der Waals surface area contributed by atoms with Crippen molar-refractivity contribution in [3.63, 3.8) is 0 Å². The molecule has 27 heavy (non-hydrogen) atoms. The maximum atomic E-state index is 13.4. The molecule has 0 bridgehead atoms. The van der Waals surface area contributed by atoms with Crippen molar-refractivity contribution >= 4 is 39.2 Å². The highest BCUT2D eigenvalue weighted by atomic mass is 32.2. The molecule has 6 nitrogen and oxygen atoms in total. The molecule has 5 rings (SSSR count). The number of aryl methyl sites for hydroxylation is 1. The first-order chi connectivity index (χ1) is 13.2. The standard InChI is InChI=1S/C20H15N5OS/c1-12-17-16(25-19(21-12)22-20(23-25)27-2)10-11-24(18(17)26)15-9-5-7-13-6-3-4-8-14(13)15/h3-11H,1-2H3. The van der Waals surface area contributed by atoms with Crippen molar-refractivity contribution in [2.24, 2.45) is 0 Å². The van der Waals surface area contributed by atoms with Gasteiger partial charge in [-0.15, -0.1) is 5.10 Å². The minimum absolute atomic E-state index is 0.114. The molecule has 132 valence electrons. The number of hydrogen-bond donors (Lipinski definition) is 0. The third-order valence-electron chi connectivity index (χ3n) is 4.71. The van der Waals surface area contributed by atoms with Crippen molar-refractivity contribution in [3.8, 4) is 5.69 Å². The van der Waals surface area contributed by atoms with Crippen LogP contribution < -0.4 is 5.56 Å². The number of fused-ring (bicyclic) bond motifs is 4. The van der Waals surface area contributed by atoms with E-state index in [2.05, 4.69) is 15.1 Å². The molecule has 0 unspecified atom stereocenters. The van der Waals surface area contributed by atoms with E-state index in [1.54, 1.807) is 15.3 Å². The molecule has 0 atom stereocenters. The first-order valence-corrected chi connectivity index (χ1v) is 9.71. The topological polar surface area (TPSA) is 65.1 Å². The van der Waals surface area contributed by atoms with Crippen LogP contribution in [-0.4, -0.2) is 30.4 Å². The maximum absolute atomic E-state index is 13.4.